The lowest BCUT2D eigenvalue weighted by Crippen LogP contribution is -2.29. The van der Waals surface area contributed by atoms with E-state index in [-0.39, 0.29) is 30.3 Å². The molecule has 136 valence electrons. The summed E-state index contributed by atoms with van der Waals surface area (Å²) in [5, 5.41) is 10.7. The predicted octanol–water partition coefficient (Wildman–Crippen LogP) is 1.57. The molecular formula is C15H17NO9. The molecular weight excluding hydrogens is 338 g/mol. The maximum absolute atomic E-state index is 11.9. The summed E-state index contributed by atoms with van der Waals surface area (Å²) in [5.41, 5.74) is -0.0169. The van der Waals surface area contributed by atoms with Gasteiger partial charge < -0.3 is 29.4 Å². The zero-order chi connectivity index (χ0) is 18.8. The summed E-state index contributed by atoms with van der Waals surface area (Å²) in [5.74, 6) is -2.40. The molecule has 0 radical (unpaired) electrons. The molecule has 0 heterocycles. The predicted molar refractivity (Wildman–Crippen MR) is 81.7 cm³/mol. The van der Waals surface area contributed by atoms with Crippen molar-refractivity contribution < 1.29 is 43.2 Å². The normalized spacial score (nSPS) is 9.68. The Kier molecular flexibility index (Phi) is 7.70. The number of ether oxygens (including phenoxy) is 4. The van der Waals surface area contributed by atoms with Crippen LogP contribution in [0.4, 0.5) is 9.59 Å². The largest absolute Gasteiger partial charge is 0.513 e. The van der Waals surface area contributed by atoms with E-state index in [4.69, 9.17) is 14.6 Å². The molecule has 1 aromatic carbocycles. The average Bonchev–Trinajstić information content (AvgIpc) is 2.54. The van der Waals surface area contributed by atoms with Gasteiger partial charge in [-0.3, -0.25) is 9.59 Å². The summed E-state index contributed by atoms with van der Waals surface area (Å²) in [4.78, 5) is 45.2. The van der Waals surface area contributed by atoms with Crippen molar-refractivity contribution in [1.29, 1.82) is 0 Å². The molecule has 25 heavy (non-hydrogen) atoms. The van der Waals surface area contributed by atoms with Crippen LogP contribution in [0.5, 0.6) is 11.5 Å². The Hall–Kier alpha value is -3.30. The molecule has 0 aromatic heterocycles. The van der Waals surface area contributed by atoms with Crippen LogP contribution in [0.25, 0.3) is 0 Å². The molecule has 0 aliphatic rings. The van der Waals surface area contributed by atoms with E-state index in [1.54, 1.807) is 13.8 Å². The lowest BCUT2D eigenvalue weighted by molar-refractivity contribution is -0.135. The lowest BCUT2D eigenvalue weighted by atomic mass is 10.2. The van der Waals surface area contributed by atoms with E-state index < -0.39 is 30.7 Å². The highest BCUT2D eigenvalue weighted by molar-refractivity contribution is 5.96. The van der Waals surface area contributed by atoms with Gasteiger partial charge in [0.2, 0.25) is 0 Å². The minimum absolute atomic E-state index is 0.0169. The van der Waals surface area contributed by atoms with E-state index in [9.17, 15) is 19.2 Å². The highest BCUT2D eigenvalue weighted by Crippen LogP contribution is 2.29. The number of carboxylic acid groups (broad SMARTS) is 1. The third-order valence-corrected chi connectivity index (χ3v) is 2.52. The van der Waals surface area contributed by atoms with Gasteiger partial charge in [0.05, 0.1) is 13.2 Å². The fourth-order valence-electron chi connectivity index (χ4n) is 1.55. The molecule has 0 aliphatic heterocycles. The molecule has 10 heteroatoms. The Morgan fingerprint density at radius 1 is 0.960 bits per heavy atom. The molecule has 2 N–H and O–H groups in total. The molecule has 1 aromatic rings. The number of rotatable bonds is 7. The third-order valence-electron chi connectivity index (χ3n) is 2.52. The van der Waals surface area contributed by atoms with Crippen molar-refractivity contribution in [2.24, 2.45) is 0 Å². The number of hydrogen-bond donors (Lipinski definition) is 2. The van der Waals surface area contributed by atoms with E-state index in [1.807, 2.05) is 0 Å². The Morgan fingerprint density at radius 3 is 2.04 bits per heavy atom. The number of nitrogens with one attached hydrogen (secondary N) is 1. The van der Waals surface area contributed by atoms with Crippen LogP contribution in [0.3, 0.4) is 0 Å². The zero-order valence-electron chi connectivity index (χ0n) is 13.6. The van der Waals surface area contributed by atoms with Crippen LogP contribution < -0.4 is 14.8 Å². The number of amides is 1. The quantitative estimate of drug-likeness (QED) is 0.551. The van der Waals surface area contributed by atoms with Crippen LogP contribution in [0, 0.1) is 0 Å². The molecule has 10 nitrogen and oxygen atoms in total. The van der Waals surface area contributed by atoms with Gasteiger partial charge in [-0.2, -0.15) is 0 Å². The monoisotopic (exact) mass is 355 g/mol. The SMILES string of the molecule is CCOC(=O)Oc1ccc(C(=O)NCC(=O)O)cc1OC(=O)OCC. The molecule has 0 spiro atoms. The Bertz CT molecular complexity index is 656. The molecule has 0 fully saturated rings. The molecule has 0 bridgehead atoms. The zero-order valence-corrected chi connectivity index (χ0v) is 13.6. The van der Waals surface area contributed by atoms with Crippen molar-refractivity contribution in [3.63, 3.8) is 0 Å². The van der Waals surface area contributed by atoms with Crippen molar-refractivity contribution >= 4 is 24.2 Å². The summed E-state index contributed by atoms with van der Waals surface area (Å²) in [6.45, 7) is 2.67. The number of benzene rings is 1. The van der Waals surface area contributed by atoms with Crippen LogP contribution in [0.15, 0.2) is 18.2 Å². The van der Waals surface area contributed by atoms with Crippen LogP contribution in [-0.4, -0.2) is 49.1 Å². The van der Waals surface area contributed by atoms with Crippen LogP contribution in [0.1, 0.15) is 24.2 Å². The van der Waals surface area contributed by atoms with Crippen molar-refractivity contribution in [3.05, 3.63) is 23.8 Å². The number of carbonyl (C=O) groups excluding carboxylic acids is 3. The topological polar surface area (TPSA) is 137 Å². The molecule has 0 unspecified atom stereocenters. The van der Waals surface area contributed by atoms with E-state index in [1.165, 1.54) is 12.1 Å². The van der Waals surface area contributed by atoms with E-state index in [0.717, 1.165) is 6.07 Å². The van der Waals surface area contributed by atoms with Crippen molar-refractivity contribution in [1.82, 2.24) is 5.32 Å². The highest BCUT2D eigenvalue weighted by Gasteiger charge is 2.18. The Balaban J connectivity index is 3.03. The number of carboxylic acids is 1. The van der Waals surface area contributed by atoms with Crippen LogP contribution in [-0.2, 0) is 14.3 Å². The molecule has 0 saturated carbocycles. The Labute approximate surface area is 142 Å². The first-order valence-corrected chi connectivity index (χ1v) is 7.20. The minimum atomic E-state index is -1.22. The summed E-state index contributed by atoms with van der Waals surface area (Å²) in [7, 11) is 0. The van der Waals surface area contributed by atoms with E-state index in [0.29, 0.717) is 0 Å². The first-order chi connectivity index (χ1) is 11.9. The summed E-state index contributed by atoms with van der Waals surface area (Å²) in [6.07, 6.45) is -2.10. The standard InChI is InChI=1S/C15H17NO9/c1-3-22-14(20)24-10-6-5-9(13(19)16-8-12(17)18)7-11(10)25-15(21)23-4-2/h5-7H,3-4,8H2,1-2H3,(H,16,19)(H,17,18). The fourth-order valence-corrected chi connectivity index (χ4v) is 1.55. The maximum Gasteiger partial charge on any atom is 0.513 e. The summed E-state index contributed by atoms with van der Waals surface area (Å²) in [6, 6.07) is 3.55. The van der Waals surface area contributed by atoms with E-state index >= 15 is 0 Å². The second kappa shape index (κ2) is 9.75. The second-order valence-electron chi connectivity index (χ2n) is 4.31. The number of aliphatic carboxylic acids is 1. The Morgan fingerprint density at radius 2 is 1.52 bits per heavy atom. The molecule has 0 aliphatic carbocycles. The van der Waals surface area contributed by atoms with Gasteiger partial charge in [0.15, 0.2) is 11.5 Å². The summed E-state index contributed by atoms with van der Waals surface area (Å²) >= 11 is 0. The number of hydrogen-bond acceptors (Lipinski definition) is 8. The molecule has 1 rings (SSSR count). The fraction of sp³-hybridized carbons (Fsp3) is 0.333. The first kappa shape index (κ1) is 19.7. The highest BCUT2D eigenvalue weighted by atomic mass is 16.7. The number of carbonyl (C=O) groups is 4. The minimum Gasteiger partial charge on any atom is -0.480 e. The average molecular weight is 355 g/mol. The van der Waals surface area contributed by atoms with Crippen LogP contribution >= 0.6 is 0 Å². The molecule has 0 saturated heterocycles. The van der Waals surface area contributed by atoms with Gasteiger partial charge in [0.25, 0.3) is 5.91 Å². The maximum atomic E-state index is 11.9. The van der Waals surface area contributed by atoms with Gasteiger partial charge in [-0.15, -0.1) is 0 Å². The van der Waals surface area contributed by atoms with Crippen molar-refractivity contribution in [2.45, 2.75) is 13.8 Å². The van der Waals surface area contributed by atoms with E-state index in [2.05, 4.69) is 14.8 Å². The summed E-state index contributed by atoms with van der Waals surface area (Å²) < 4.78 is 19.0. The van der Waals surface area contributed by atoms with Gasteiger partial charge in [0, 0.05) is 5.56 Å². The smallest absolute Gasteiger partial charge is 0.480 e. The third kappa shape index (κ3) is 6.77. The van der Waals surface area contributed by atoms with Gasteiger partial charge in [-0.05, 0) is 32.0 Å². The van der Waals surface area contributed by atoms with Crippen LogP contribution in [0.2, 0.25) is 0 Å². The van der Waals surface area contributed by atoms with Gasteiger partial charge in [-0.25, -0.2) is 9.59 Å². The lowest BCUT2D eigenvalue weighted by Gasteiger charge is -2.11. The first-order valence-electron chi connectivity index (χ1n) is 7.20. The van der Waals surface area contributed by atoms with Crippen molar-refractivity contribution in [3.8, 4) is 11.5 Å². The van der Waals surface area contributed by atoms with Crippen molar-refractivity contribution in [2.75, 3.05) is 19.8 Å². The molecule has 1 amide bonds. The van der Waals surface area contributed by atoms with Gasteiger partial charge >= 0.3 is 18.3 Å². The van der Waals surface area contributed by atoms with Gasteiger partial charge in [-0.1, -0.05) is 0 Å². The van der Waals surface area contributed by atoms with Gasteiger partial charge in [0.1, 0.15) is 6.54 Å². The second-order valence-corrected chi connectivity index (χ2v) is 4.31. The molecule has 0 atom stereocenters.